The first kappa shape index (κ1) is 4.07. The second-order valence-electron chi connectivity index (χ2n) is 0.762. The minimum atomic E-state index is -2.70. The molecule has 0 radical (unpaired) electrons. The van der Waals surface area contributed by atoms with Crippen molar-refractivity contribution in [1.29, 1.82) is 0 Å². The van der Waals surface area contributed by atoms with E-state index in [0.717, 1.165) is 0 Å². The molecule has 0 atom stereocenters. The van der Waals surface area contributed by atoms with E-state index in [9.17, 15) is 4.21 Å². The van der Waals surface area contributed by atoms with Crippen molar-refractivity contribution in [3.63, 3.8) is 0 Å². The fraction of sp³-hybridized carbons (Fsp3) is 0. The lowest BCUT2D eigenvalue weighted by Crippen LogP contribution is -2.20. The molecule has 6 heavy (non-hydrogen) atoms. The smallest absolute Gasteiger partial charge is 0.206 e. The SMILES string of the molecule is C=S1(=O)OOO1. The summed E-state index contributed by atoms with van der Waals surface area (Å²) in [6.45, 7) is 0. The fourth-order valence-electron chi connectivity index (χ4n) is 0.0897. The third kappa shape index (κ3) is 0.526. The molecule has 0 aliphatic carbocycles. The van der Waals surface area contributed by atoms with Crippen LogP contribution in [-0.2, 0) is 23.8 Å². The van der Waals surface area contributed by atoms with Crippen LogP contribution in [0.25, 0.3) is 0 Å². The van der Waals surface area contributed by atoms with Gasteiger partial charge in [0, 0.05) is 5.87 Å². The molecule has 0 aromatic carbocycles. The molecule has 0 aromatic heterocycles. The van der Waals surface area contributed by atoms with Gasteiger partial charge in [0.15, 0.2) is 0 Å². The highest BCUT2D eigenvalue weighted by Crippen LogP contribution is 2.08. The van der Waals surface area contributed by atoms with Gasteiger partial charge in [0.05, 0.1) is 0 Å². The van der Waals surface area contributed by atoms with Gasteiger partial charge in [0.2, 0.25) is 0 Å². The van der Waals surface area contributed by atoms with Gasteiger partial charge >= 0.3 is 0 Å². The Bertz CT molecular complexity index is 122. The maximum atomic E-state index is 9.96. The van der Waals surface area contributed by atoms with Crippen LogP contribution in [0, 0.1) is 0 Å². The predicted octanol–water partition coefficient (Wildman–Crippen LogP) is -0.574. The second-order valence-corrected chi connectivity index (χ2v) is 2.15. The highest BCUT2D eigenvalue weighted by atomic mass is 32.2. The van der Waals surface area contributed by atoms with Gasteiger partial charge in [-0.25, -0.2) is 4.21 Å². The largest absolute Gasteiger partial charge is 0.258 e. The molecule has 0 N–H and O–H groups in total. The molecule has 36 valence electrons. The van der Waals surface area contributed by atoms with Gasteiger partial charge in [-0.3, -0.25) is 0 Å². The van der Waals surface area contributed by atoms with E-state index < -0.39 is 10.1 Å². The van der Waals surface area contributed by atoms with Gasteiger partial charge in [-0.2, -0.15) is 0 Å². The Morgan fingerprint density at radius 2 is 1.83 bits per heavy atom. The van der Waals surface area contributed by atoms with Crippen molar-refractivity contribution in [3.8, 4) is 0 Å². The molecule has 0 amide bonds. The summed E-state index contributed by atoms with van der Waals surface area (Å²) in [5.74, 6) is 2.93. The first-order chi connectivity index (χ1) is 2.71. The van der Waals surface area contributed by atoms with Crippen molar-refractivity contribution < 1.29 is 17.9 Å². The van der Waals surface area contributed by atoms with E-state index in [1.807, 2.05) is 0 Å². The van der Waals surface area contributed by atoms with Crippen LogP contribution >= 0.6 is 0 Å². The van der Waals surface area contributed by atoms with E-state index in [2.05, 4.69) is 19.6 Å². The van der Waals surface area contributed by atoms with Crippen molar-refractivity contribution in [3.05, 3.63) is 0 Å². The second kappa shape index (κ2) is 0.941. The molecule has 5 heteroatoms. The van der Waals surface area contributed by atoms with Crippen LogP contribution < -0.4 is 0 Å². The van der Waals surface area contributed by atoms with Crippen molar-refractivity contribution in [2.24, 2.45) is 0 Å². The van der Waals surface area contributed by atoms with Crippen molar-refractivity contribution >= 4 is 16.0 Å². The molecular formula is CH2O4S. The molecule has 0 bridgehead atoms. The average Bonchev–Trinajstić information content (AvgIpc) is 1.32. The van der Waals surface area contributed by atoms with Crippen LogP contribution in [-0.4, -0.2) is 10.1 Å². The Morgan fingerprint density at radius 1 is 1.50 bits per heavy atom. The highest BCUT2D eigenvalue weighted by Gasteiger charge is 2.18. The summed E-state index contributed by atoms with van der Waals surface area (Å²) < 4.78 is 17.6. The van der Waals surface area contributed by atoms with Crippen LogP contribution in [0.3, 0.4) is 0 Å². The molecule has 1 fully saturated rings. The third-order valence-electron chi connectivity index (χ3n) is 0.263. The molecule has 0 saturated carbocycles. The molecule has 1 aliphatic rings. The van der Waals surface area contributed by atoms with Gasteiger partial charge in [0.1, 0.15) is 0 Å². The molecule has 0 unspecified atom stereocenters. The summed E-state index contributed by atoms with van der Waals surface area (Å²) in [5.41, 5.74) is 0. The quantitative estimate of drug-likeness (QED) is 0.309. The van der Waals surface area contributed by atoms with E-state index in [1.54, 1.807) is 0 Å². The first-order valence-corrected chi connectivity index (χ1v) is 2.70. The Kier molecular flexibility index (Phi) is 0.638. The number of rotatable bonds is 0. The molecule has 0 aromatic rings. The van der Waals surface area contributed by atoms with Gasteiger partial charge in [0.25, 0.3) is 10.1 Å². The van der Waals surface area contributed by atoms with E-state index in [-0.39, 0.29) is 0 Å². The summed E-state index contributed by atoms with van der Waals surface area (Å²) in [4.78, 5) is 0. The van der Waals surface area contributed by atoms with E-state index >= 15 is 0 Å². The van der Waals surface area contributed by atoms with Gasteiger partial charge < -0.3 is 0 Å². The minimum absolute atomic E-state index is 2.70. The van der Waals surface area contributed by atoms with E-state index in [4.69, 9.17) is 0 Å². The van der Waals surface area contributed by atoms with Crippen LogP contribution in [0.5, 0.6) is 0 Å². The topological polar surface area (TPSA) is 44.8 Å². The highest BCUT2D eigenvalue weighted by molar-refractivity contribution is 7.91. The molecule has 1 aliphatic heterocycles. The molecule has 0 spiro atoms. The minimum Gasteiger partial charge on any atom is -0.206 e. The van der Waals surface area contributed by atoms with Crippen LogP contribution in [0.4, 0.5) is 0 Å². The lowest BCUT2D eigenvalue weighted by atomic mass is 12.0. The molecule has 1 saturated heterocycles. The number of hydrogen-bond donors (Lipinski definition) is 0. The van der Waals surface area contributed by atoms with E-state index in [1.165, 1.54) is 0 Å². The number of hydrogen-bond acceptors (Lipinski definition) is 4. The maximum absolute atomic E-state index is 9.96. The van der Waals surface area contributed by atoms with Crippen LogP contribution in [0.2, 0.25) is 0 Å². The molecule has 1 rings (SSSR count). The Balaban J connectivity index is 2.78. The Morgan fingerprint density at radius 3 is 1.83 bits per heavy atom. The summed E-state index contributed by atoms with van der Waals surface area (Å²) in [7, 11) is -2.70. The predicted molar refractivity (Wildman–Crippen MR) is 18.5 cm³/mol. The monoisotopic (exact) mass is 110 g/mol. The summed E-state index contributed by atoms with van der Waals surface area (Å²) in [6, 6.07) is 0. The van der Waals surface area contributed by atoms with Gasteiger partial charge in [-0.15, -0.1) is 0 Å². The molecular weight excluding hydrogens is 108 g/mol. The molecule has 1 heterocycles. The summed E-state index contributed by atoms with van der Waals surface area (Å²) in [5, 5.41) is 3.60. The third-order valence-corrected chi connectivity index (χ3v) is 0.789. The van der Waals surface area contributed by atoms with Crippen molar-refractivity contribution in [1.82, 2.24) is 0 Å². The van der Waals surface area contributed by atoms with Gasteiger partial charge in [-0.05, 0) is 5.04 Å². The summed E-state index contributed by atoms with van der Waals surface area (Å²) >= 11 is 0. The fourth-order valence-corrected chi connectivity index (χ4v) is 0.269. The van der Waals surface area contributed by atoms with Gasteiger partial charge in [-0.1, -0.05) is 8.67 Å². The normalized spacial score (nSPS) is 28.7. The Labute approximate surface area is 34.9 Å². The van der Waals surface area contributed by atoms with Crippen molar-refractivity contribution in [2.45, 2.75) is 0 Å². The van der Waals surface area contributed by atoms with Crippen LogP contribution in [0.1, 0.15) is 0 Å². The van der Waals surface area contributed by atoms with Crippen molar-refractivity contribution in [2.75, 3.05) is 0 Å². The lowest BCUT2D eigenvalue weighted by molar-refractivity contribution is -0.471. The lowest BCUT2D eigenvalue weighted by Gasteiger charge is -2.11. The Hall–Kier alpha value is -0.100. The standard InChI is InChI=1S/CH2O4S/c1-6(2)4-3-5-6/h1H2. The average molecular weight is 110 g/mol. The zero-order valence-electron chi connectivity index (χ0n) is 2.75. The summed E-state index contributed by atoms with van der Waals surface area (Å²) in [6.07, 6.45) is 0. The van der Waals surface area contributed by atoms with E-state index in [0.29, 0.717) is 0 Å². The zero-order chi connectivity index (χ0) is 4.62. The zero-order valence-corrected chi connectivity index (χ0v) is 3.56. The van der Waals surface area contributed by atoms with Crippen LogP contribution in [0.15, 0.2) is 0 Å². The molecule has 4 nitrogen and oxygen atoms in total. The first-order valence-electron chi connectivity index (χ1n) is 1.12. The maximum Gasteiger partial charge on any atom is 0.258 e.